The third kappa shape index (κ3) is 2.74. The van der Waals surface area contributed by atoms with Gasteiger partial charge in [0, 0.05) is 7.92 Å². The number of primary amides is 1. The Hall–Kier alpha value is -2.80. The zero-order valence-corrected chi connectivity index (χ0v) is 13.9. The van der Waals surface area contributed by atoms with Gasteiger partial charge in [0.2, 0.25) is 5.95 Å². The molecule has 5 nitrogen and oxygen atoms in total. The van der Waals surface area contributed by atoms with Gasteiger partial charge in [-0.15, -0.1) is 0 Å². The van der Waals surface area contributed by atoms with E-state index in [4.69, 9.17) is 7.10 Å². The lowest BCUT2D eigenvalue weighted by Crippen LogP contribution is -2.28. The number of nitrogens with two attached hydrogens (primary N) is 1. The maximum atomic E-state index is 14.8. The van der Waals surface area contributed by atoms with E-state index in [9.17, 15) is 13.6 Å². The molecule has 1 fully saturated rings. The van der Waals surface area contributed by atoms with Gasteiger partial charge in [-0.3, -0.25) is 4.79 Å². The average Bonchev–Trinajstić information content (AvgIpc) is 2.99. The molecule has 1 aromatic heterocycles. The summed E-state index contributed by atoms with van der Waals surface area (Å²) in [6.45, 7) is 1.18. The standard InChI is InChI=1S/C19H18F2N4O/c20-16-9-12(6-7-13(16)11-3-2-8-23-10-11)25-18(21)14-4-1-5-15(19(22)26)17(14)24-25/h1,4-7,9,11,23H,2-3,8,10H2,(H2,22,26)/i11D. The second-order valence-electron chi connectivity index (χ2n) is 6.32. The van der Waals surface area contributed by atoms with Crippen LogP contribution in [-0.2, 0) is 0 Å². The number of piperidine rings is 1. The van der Waals surface area contributed by atoms with E-state index >= 15 is 0 Å². The Bertz CT molecular complexity index is 1040. The molecule has 2 heterocycles. The second-order valence-corrected chi connectivity index (χ2v) is 6.32. The molecule has 4 rings (SSSR count). The summed E-state index contributed by atoms with van der Waals surface area (Å²) >= 11 is 0. The average molecular weight is 357 g/mol. The van der Waals surface area contributed by atoms with Crippen molar-refractivity contribution in [3.05, 3.63) is 59.3 Å². The van der Waals surface area contributed by atoms with Crippen molar-refractivity contribution in [3.63, 3.8) is 0 Å². The first-order chi connectivity index (χ1) is 12.9. The number of benzene rings is 2. The molecule has 0 aliphatic carbocycles. The molecule has 1 atom stereocenters. The topological polar surface area (TPSA) is 72.9 Å². The third-order valence-corrected chi connectivity index (χ3v) is 4.66. The monoisotopic (exact) mass is 357 g/mol. The fourth-order valence-electron chi connectivity index (χ4n) is 3.35. The molecule has 1 saturated heterocycles. The molecule has 0 bridgehead atoms. The Kier molecular flexibility index (Phi) is 3.86. The summed E-state index contributed by atoms with van der Waals surface area (Å²) in [5, 5.41) is 7.36. The quantitative estimate of drug-likeness (QED) is 0.757. The molecule has 3 N–H and O–H groups in total. The van der Waals surface area contributed by atoms with Crippen LogP contribution in [0.25, 0.3) is 16.6 Å². The maximum absolute atomic E-state index is 14.8. The van der Waals surface area contributed by atoms with Crippen molar-refractivity contribution in [2.75, 3.05) is 13.1 Å². The summed E-state index contributed by atoms with van der Waals surface area (Å²) in [7, 11) is 0. The van der Waals surface area contributed by atoms with Gasteiger partial charge in [0.15, 0.2) is 0 Å². The molecular weight excluding hydrogens is 338 g/mol. The van der Waals surface area contributed by atoms with Crippen molar-refractivity contribution in [2.45, 2.75) is 18.7 Å². The highest BCUT2D eigenvalue weighted by Crippen LogP contribution is 2.28. The first-order valence-corrected chi connectivity index (χ1v) is 8.39. The zero-order chi connectivity index (χ0) is 19.2. The highest BCUT2D eigenvalue weighted by atomic mass is 19.1. The molecule has 1 unspecified atom stereocenters. The summed E-state index contributed by atoms with van der Waals surface area (Å²) in [4.78, 5) is 11.5. The lowest BCUT2D eigenvalue weighted by Gasteiger charge is -2.23. The molecular formula is C19H18F2N4O. The van der Waals surface area contributed by atoms with Crippen molar-refractivity contribution in [2.24, 2.45) is 5.73 Å². The Labute approximate surface area is 150 Å². The minimum Gasteiger partial charge on any atom is -0.366 e. The number of hydrogen-bond acceptors (Lipinski definition) is 3. The lowest BCUT2D eigenvalue weighted by molar-refractivity contribution is 0.100. The Morgan fingerprint density at radius 1 is 1.35 bits per heavy atom. The second kappa shape index (κ2) is 6.49. The van der Waals surface area contributed by atoms with E-state index in [-0.39, 0.29) is 27.7 Å². The molecule has 1 aliphatic rings. The highest BCUT2D eigenvalue weighted by Gasteiger charge is 2.21. The highest BCUT2D eigenvalue weighted by molar-refractivity contribution is 6.04. The first-order valence-electron chi connectivity index (χ1n) is 8.89. The van der Waals surface area contributed by atoms with Crippen LogP contribution in [0.3, 0.4) is 0 Å². The number of nitrogens with one attached hydrogen (secondary N) is 1. The summed E-state index contributed by atoms with van der Waals surface area (Å²) in [5.41, 5.74) is 5.99. The summed E-state index contributed by atoms with van der Waals surface area (Å²) in [6.07, 6.45) is 1.35. The van der Waals surface area contributed by atoms with E-state index in [1.54, 1.807) is 0 Å². The largest absolute Gasteiger partial charge is 0.366 e. The van der Waals surface area contributed by atoms with Crippen LogP contribution < -0.4 is 11.1 Å². The number of halogens is 2. The molecule has 0 saturated carbocycles. The first kappa shape index (κ1) is 15.5. The molecule has 26 heavy (non-hydrogen) atoms. The number of aromatic nitrogens is 2. The predicted molar refractivity (Wildman–Crippen MR) is 94.3 cm³/mol. The zero-order valence-electron chi connectivity index (χ0n) is 14.9. The van der Waals surface area contributed by atoms with E-state index in [1.165, 1.54) is 36.4 Å². The number of rotatable bonds is 3. The number of carbonyl (C=O) groups is 1. The van der Waals surface area contributed by atoms with Crippen LogP contribution in [0.2, 0.25) is 0 Å². The van der Waals surface area contributed by atoms with Gasteiger partial charge in [-0.05, 0) is 55.1 Å². The fourth-order valence-corrected chi connectivity index (χ4v) is 3.35. The lowest BCUT2D eigenvalue weighted by atomic mass is 9.91. The van der Waals surface area contributed by atoms with Crippen molar-refractivity contribution >= 4 is 16.8 Å². The Morgan fingerprint density at radius 2 is 2.19 bits per heavy atom. The minimum atomic E-state index is -1.05. The van der Waals surface area contributed by atoms with Gasteiger partial charge in [0.05, 0.1) is 16.6 Å². The van der Waals surface area contributed by atoms with E-state index in [1.807, 2.05) is 0 Å². The van der Waals surface area contributed by atoms with E-state index in [2.05, 4.69) is 10.4 Å². The van der Waals surface area contributed by atoms with Crippen LogP contribution in [0.4, 0.5) is 8.78 Å². The van der Waals surface area contributed by atoms with Crippen molar-refractivity contribution in [1.82, 2.24) is 15.1 Å². The fraction of sp³-hybridized carbons (Fsp3) is 0.263. The third-order valence-electron chi connectivity index (χ3n) is 4.66. The molecule has 134 valence electrons. The summed E-state index contributed by atoms with van der Waals surface area (Å²) in [5.74, 6) is -3.05. The number of fused-ring (bicyclic) bond motifs is 1. The molecule has 3 aromatic rings. The molecule has 7 heteroatoms. The van der Waals surface area contributed by atoms with Gasteiger partial charge >= 0.3 is 0 Å². The molecule has 1 amide bonds. The van der Waals surface area contributed by atoms with E-state index < -0.39 is 23.6 Å². The van der Waals surface area contributed by atoms with Gasteiger partial charge in [-0.1, -0.05) is 12.1 Å². The van der Waals surface area contributed by atoms with Crippen LogP contribution in [-0.4, -0.2) is 28.8 Å². The van der Waals surface area contributed by atoms with E-state index in [0.29, 0.717) is 13.0 Å². The van der Waals surface area contributed by atoms with Crippen LogP contribution in [0.1, 0.15) is 36.0 Å². The smallest absolute Gasteiger partial charge is 0.250 e. The van der Waals surface area contributed by atoms with Crippen LogP contribution in [0.5, 0.6) is 0 Å². The van der Waals surface area contributed by atoms with Gasteiger partial charge in [0.25, 0.3) is 5.91 Å². The van der Waals surface area contributed by atoms with Crippen molar-refractivity contribution < 1.29 is 14.9 Å². The maximum Gasteiger partial charge on any atom is 0.250 e. The Balaban J connectivity index is 1.80. The summed E-state index contributed by atoms with van der Waals surface area (Å²) < 4.78 is 39.1. The predicted octanol–water partition coefficient (Wildman–Crippen LogP) is 2.87. The Morgan fingerprint density at radius 3 is 2.88 bits per heavy atom. The minimum absolute atomic E-state index is 0.0978. The van der Waals surface area contributed by atoms with Crippen molar-refractivity contribution in [1.29, 1.82) is 0 Å². The number of amides is 1. The van der Waals surface area contributed by atoms with Gasteiger partial charge < -0.3 is 11.1 Å². The normalized spacial score (nSPS) is 20.9. The molecule has 0 spiro atoms. The number of nitrogens with zero attached hydrogens (tertiary/aromatic N) is 2. The van der Waals surface area contributed by atoms with E-state index in [0.717, 1.165) is 17.6 Å². The SMILES string of the molecule is [2H]C1(c2ccc(-n3nc4c(C(N)=O)cccc4c3F)cc2F)CCCNC1. The molecule has 2 aromatic carbocycles. The molecule has 1 aliphatic heterocycles. The van der Waals surface area contributed by atoms with Crippen LogP contribution >= 0.6 is 0 Å². The summed E-state index contributed by atoms with van der Waals surface area (Å²) in [6, 6.07) is 8.66. The van der Waals surface area contributed by atoms with Gasteiger partial charge in [-0.2, -0.15) is 9.49 Å². The van der Waals surface area contributed by atoms with Gasteiger partial charge in [0.1, 0.15) is 11.3 Å². The number of hydrogen-bond donors (Lipinski definition) is 2. The molecule has 0 radical (unpaired) electrons. The van der Waals surface area contributed by atoms with Crippen LogP contribution in [0.15, 0.2) is 36.4 Å². The van der Waals surface area contributed by atoms with Crippen LogP contribution in [0, 0.1) is 11.8 Å². The van der Waals surface area contributed by atoms with Crippen molar-refractivity contribution in [3.8, 4) is 5.69 Å². The number of carbonyl (C=O) groups excluding carboxylic acids is 1. The van der Waals surface area contributed by atoms with Gasteiger partial charge in [-0.25, -0.2) is 9.07 Å².